The molecule has 1 fully saturated rings. The largest absolute Gasteiger partial charge is 0.336 e. The summed E-state index contributed by atoms with van der Waals surface area (Å²) >= 11 is 0. The van der Waals surface area contributed by atoms with E-state index in [2.05, 4.69) is 15.0 Å². The van der Waals surface area contributed by atoms with Gasteiger partial charge in [-0.15, -0.1) is 0 Å². The fourth-order valence-electron chi connectivity index (χ4n) is 2.61. The Morgan fingerprint density at radius 1 is 1.45 bits per heavy atom. The quantitative estimate of drug-likeness (QED) is 0.772. The number of hydrogen-bond acceptors (Lipinski definition) is 4. The van der Waals surface area contributed by atoms with Gasteiger partial charge in [0.25, 0.3) is 0 Å². The number of nitrogens with zero attached hydrogens (tertiary/aromatic N) is 2. The zero-order chi connectivity index (χ0) is 14.4. The van der Waals surface area contributed by atoms with Crippen molar-refractivity contribution in [3.8, 4) is 0 Å². The monoisotopic (exact) mass is 300 g/mol. The molecule has 6 nitrogen and oxygen atoms in total. The van der Waals surface area contributed by atoms with Crippen LogP contribution in [0.4, 0.5) is 0 Å². The van der Waals surface area contributed by atoms with Gasteiger partial charge in [-0.25, -0.2) is 18.1 Å². The Morgan fingerprint density at radius 2 is 2.20 bits per heavy atom. The molecule has 0 aromatic carbocycles. The highest BCUT2D eigenvalue weighted by Crippen LogP contribution is 2.16. The molecule has 0 spiro atoms. The topological polar surface area (TPSA) is 76.0 Å². The van der Waals surface area contributed by atoms with Crippen LogP contribution in [0, 0.1) is 5.92 Å². The molecule has 1 saturated heterocycles. The molecule has 0 saturated carbocycles. The molecule has 2 rings (SSSR count). The molecule has 1 atom stereocenters. The van der Waals surface area contributed by atoms with E-state index in [1.807, 2.05) is 17.7 Å². The number of piperidine rings is 1. The minimum Gasteiger partial charge on any atom is -0.336 e. The van der Waals surface area contributed by atoms with E-state index in [0.717, 1.165) is 32.4 Å². The van der Waals surface area contributed by atoms with Gasteiger partial charge in [-0.05, 0) is 45.2 Å². The molecular weight excluding hydrogens is 276 g/mol. The maximum Gasteiger partial charge on any atom is 0.211 e. The van der Waals surface area contributed by atoms with Gasteiger partial charge in [-0.1, -0.05) is 0 Å². The van der Waals surface area contributed by atoms with Gasteiger partial charge in [0.05, 0.1) is 12.1 Å². The van der Waals surface area contributed by atoms with Gasteiger partial charge in [-0.3, -0.25) is 0 Å². The molecule has 0 amide bonds. The number of aromatic nitrogens is 2. The molecule has 0 radical (unpaired) electrons. The van der Waals surface area contributed by atoms with Crippen LogP contribution < -0.4 is 10.0 Å². The highest BCUT2D eigenvalue weighted by molar-refractivity contribution is 7.89. The minimum atomic E-state index is -3.19. The van der Waals surface area contributed by atoms with Crippen LogP contribution in [0.5, 0.6) is 0 Å². The van der Waals surface area contributed by atoms with Gasteiger partial charge in [-0.2, -0.15) is 0 Å². The predicted octanol–water partition coefficient (Wildman–Crippen LogP) is 0.581. The van der Waals surface area contributed by atoms with E-state index in [4.69, 9.17) is 0 Å². The van der Waals surface area contributed by atoms with Crippen LogP contribution in [0.2, 0.25) is 0 Å². The molecule has 7 heteroatoms. The van der Waals surface area contributed by atoms with Crippen molar-refractivity contribution in [2.75, 3.05) is 18.8 Å². The lowest BCUT2D eigenvalue weighted by atomic mass is 9.96. The highest BCUT2D eigenvalue weighted by Gasteiger charge is 2.19. The molecule has 1 aliphatic rings. The third kappa shape index (κ3) is 5.22. The van der Waals surface area contributed by atoms with Gasteiger partial charge >= 0.3 is 0 Å². The van der Waals surface area contributed by atoms with Crippen LogP contribution in [0.1, 0.15) is 26.2 Å². The fraction of sp³-hybridized carbons (Fsp3) is 0.769. The number of sulfonamides is 1. The van der Waals surface area contributed by atoms with Crippen molar-refractivity contribution in [2.45, 2.75) is 38.8 Å². The minimum absolute atomic E-state index is 0.123. The molecule has 114 valence electrons. The SMILES string of the molecule is CC(Cn1ccnc1)NS(=O)(=O)CCC1CCNCC1. The summed E-state index contributed by atoms with van der Waals surface area (Å²) in [6.45, 7) is 4.50. The van der Waals surface area contributed by atoms with Crippen LogP contribution >= 0.6 is 0 Å². The van der Waals surface area contributed by atoms with Crippen LogP contribution in [-0.2, 0) is 16.6 Å². The summed E-state index contributed by atoms with van der Waals surface area (Å²) in [4.78, 5) is 3.95. The maximum atomic E-state index is 12.1. The van der Waals surface area contributed by atoms with E-state index < -0.39 is 10.0 Å². The molecular formula is C13H24N4O2S. The fourth-order valence-corrected chi connectivity index (χ4v) is 4.05. The zero-order valence-electron chi connectivity index (χ0n) is 12.0. The standard InChI is InChI=1S/C13H24N4O2S/c1-12(10-17-8-7-15-11-17)16-20(18,19)9-4-13-2-5-14-6-3-13/h7-8,11-14,16H,2-6,9-10H2,1H3. The average molecular weight is 300 g/mol. The lowest BCUT2D eigenvalue weighted by Gasteiger charge is -2.23. The Bertz CT molecular complexity index is 480. The van der Waals surface area contributed by atoms with Crippen molar-refractivity contribution in [2.24, 2.45) is 5.92 Å². The van der Waals surface area contributed by atoms with Crippen LogP contribution in [0.25, 0.3) is 0 Å². The zero-order valence-corrected chi connectivity index (χ0v) is 12.8. The van der Waals surface area contributed by atoms with Gasteiger partial charge in [0, 0.05) is 25.0 Å². The van der Waals surface area contributed by atoms with E-state index in [9.17, 15) is 8.42 Å². The van der Waals surface area contributed by atoms with E-state index >= 15 is 0 Å². The Balaban J connectivity index is 1.74. The van der Waals surface area contributed by atoms with Crippen LogP contribution in [0.3, 0.4) is 0 Å². The third-order valence-electron chi connectivity index (χ3n) is 3.68. The number of hydrogen-bond donors (Lipinski definition) is 2. The highest BCUT2D eigenvalue weighted by atomic mass is 32.2. The van der Waals surface area contributed by atoms with Gasteiger partial charge < -0.3 is 9.88 Å². The first-order chi connectivity index (χ1) is 9.55. The van der Waals surface area contributed by atoms with Crippen LogP contribution in [0.15, 0.2) is 18.7 Å². The average Bonchev–Trinajstić information content (AvgIpc) is 2.90. The number of nitrogens with one attached hydrogen (secondary N) is 2. The summed E-state index contributed by atoms with van der Waals surface area (Å²) in [5.41, 5.74) is 0. The summed E-state index contributed by atoms with van der Waals surface area (Å²) in [6, 6.07) is -0.123. The maximum absolute atomic E-state index is 12.1. The molecule has 0 bridgehead atoms. The third-order valence-corrected chi connectivity index (χ3v) is 5.21. The summed E-state index contributed by atoms with van der Waals surface area (Å²) in [5.74, 6) is 0.767. The van der Waals surface area contributed by atoms with Crippen LogP contribution in [-0.4, -0.2) is 42.9 Å². The Hall–Kier alpha value is -0.920. The summed E-state index contributed by atoms with van der Waals surface area (Å²) in [6.07, 6.45) is 8.15. The van der Waals surface area contributed by atoms with Crippen molar-refractivity contribution in [1.29, 1.82) is 0 Å². The summed E-state index contributed by atoms with van der Waals surface area (Å²) in [7, 11) is -3.19. The Kier molecular flexibility index (Phi) is 5.56. The van der Waals surface area contributed by atoms with Crippen molar-refractivity contribution < 1.29 is 8.42 Å². The van der Waals surface area contributed by atoms with E-state index in [0.29, 0.717) is 12.5 Å². The van der Waals surface area contributed by atoms with E-state index in [1.165, 1.54) is 0 Å². The van der Waals surface area contributed by atoms with Gasteiger partial charge in [0.15, 0.2) is 0 Å². The predicted molar refractivity (Wildman–Crippen MR) is 78.8 cm³/mol. The lowest BCUT2D eigenvalue weighted by molar-refractivity contribution is 0.364. The molecule has 1 aromatic heterocycles. The smallest absolute Gasteiger partial charge is 0.211 e. The molecule has 1 aliphatic heterocycles. The van der Waals surface area contributed by atoms with Crippen molar-refractivity contribution in [3.05, 3.63) is 18.7 Å². The molecule has 2 N–H and O–H groups in total. The van der Waals surface area contributed by atoms with Gasteiger partial charge in [0.1, 0.15) is 0 Å². The Labute approximate surface area is 121 Å². The first kappa shape index (κ1) is 15.5. The molecule has 1 unspecified atom stereocenters. The van der Waals surface area contributed by atoms with Crippen molar-refractivity contribution in [3.63, 3.8) is 0 Å². The normalized spacial score (nSPS) is 19.1. The molecule has 0 aliphatic carbocycles. The van der Waals surface area contributed by atoms with Crippen molar-refractivity contribution >= 4 is 10.0 Å². The summed E-state index contributed by atoms with van der Waals surface area (Å²) < 4.78 is 28.7. The van der Waals surface area contributed by atoms with E-state index in [1.54, 1.807) is 12.5 Å². The Morgan fingerprint density at radius 3 is 2.85 bits per heavy atom. The second-order valence-electron chi connectivity index (χ2n) is 5.58. The molecule has 20 heavy (non-hydrogen) atoms. The van der Waals surface area contributed by atoms with Gasteiger partial charge in [0.2, 0.25) is 10.0 Å². The number of rotatable bonds is 7. The first-order valence-corrected chi connectivity index (χ1v) is 8.87. The second-order valence-corrected chi connectivity index (χ2v) is 7.45. The second kappa shape index (κ2) is 7.19. The number of imidazole rings is 1. The van der Waals surface area contributed by atoms with Crippen molar-refractivity contribution in [1.82, 2.24) is 19.6 Å². The first-order valence-electron chi connectivity index (χ1n) is 7.21. The molecule has 1 aromatic rings. The lowest BCUT2D eigenvalue weighted by Crippen LogP contribution is -2.38. The van der Waals surface area contributed by atoms with E-state index in [-0.39, 0.29) is 11.8 Å². The molecule has 2 heterocycles. The summed E-state index contributed by atoms with van der Waals surface area (Å²) in [5, 5.41) is 3.30.